The first-order valence-corrected chi connectivity index (χ1v) is 8.97. The Bertz CT molecular complexity index is 611. The molecule has 0 aromatic carbocycles. The van der Waals surface area contributed by atoms with Crippen molar-refractivity contribution in [3.63, 3.8) is 0 Å². The van der Waals surface area contributed by atoms with Crippen LogP contribution in [0.3, 0.4) is 0 Å². The van der Waals surface area contributed by atoms with Crippen molar-refractivity contribution < 1.29 is 0 Å². The SMILES string of the molecule is Cc1nc(-c2ccncc2)ncc1[C@H](C)NC1CCSCC1. The van der Waals surface area contributed by atoms with Gasteiger partial charge in [-0.2, -0.15) is 11.8 Å². The Morgan fingerprint density at radius 1 is 1.23 bits per heavy atom. The van der Waals surface area contributed by atoms with E-state index in [-0.39, 0.29) is 0 Å². The molecule has 0 spiro atoms. The lowest BCUT2D eigenvalue weighted by Gasteiger charge is -2.27. The van der Waals surface area contributed by atoms with Crippen LogP contribution in [0.2, 0.25) is 0 Å². The number of thioether (sulfide) groups is 1. The summed E-state index contributed by atoms with van der Waals surface area (Å²) in [5.74, 6) is 3.30. The number of hydrogen-bond acceptors (Lipinski definition) is 5. The smallest absolute Gasteiger partial charge is 0.159 e. The zero-order chi connectivity index (χ0) is 15.4. The average Bonchev–Trinajstić information content (AvgIpc) is 2.56. The Morgan fingerprint density at radius 2 is 1.95 bits per heavy atom. The van der Waals surface area contributed by atoms with E-state index in [0.717, 1.165) is 17.1 Å². The first-order valence-electron chi connectivity index (χ1n) is 7.82. The van der Waals surface area contributed by atoms with Crippen molar-refractivity contribution in [1.29, 1.82) is 0 Å². The van der Waals surface area contributed by atoms with Gasteiger partial charge in [0.1, 0.15) is 0 Å². The van der Waals surface area contributed by atoms with Gasteiger partial charge in [-0.1, -0.05) is 0 Å². The van der Waals surface area contributed by atoms with Gasteiger partial charge in [0.15, 0.2) is 5.82 Å². The summed E-state index contributed by atoms with van der Waals surface area (Å²) in [6.45, 7) is 4.27. The van der Waals surface area contributed by atoms with E-state index in [1.807, 2.05) is 18.3 Å². The first kappa shape index (κ1) is 15.4. The fourth-order valence-corrected chi connectivity index (χ4v) is 3.96. The minimum Gasteiger partial charge on any atom is -0.307 e. The molecule has 3 heterocycles. The molecular formula is C17H22N4S. The third-order valence-corrected chi connectivity index (χ3v) is 5.18. The van der Waals surface area contributed by atoms with E-state index in [4.69, 9.17) is 0 Å². The summed E-state index contributed by atoms with van der Waals surface area (Å²) < 4.78 is 0. The maximum atomic E-state index is 4.67. The highest BCUT2D eigenvalue weighted by Gasteiger charge is 2.18. The van der Waals surface area contributed by atoms with Gasteiger partial charge in [0.2, 0.25) is 0 Å². The van der Waals surface area contributed by atoms with Crippen LogP contribution >= 0.6 is 11.8 Å². The molecule has 116 valence electrons. The fraction of sp³-hybridized carbons (Fsp3) is 0.471. The van der Waals surface area contributed by atoms with Crippen LogP contribution in [0.1, 0.15) is 37.1 Å². The second-order valence-corrected chi connectivity index (χ2v) is 6.97. The molecule has 5 heteroatoms. The minimum absolute atomic E-state index is 0.291. The molecule has 22 heavy (non-hydrogen) atoms. The summed E-state index contributed by atoms with van der Waals surface area (Å²) in [5, 5.41) is 3.73. The standard InChI is InChI=1S/C17H22N4S/c1-12(20-15-5-9-22-10-6-15)16-11-19-17(21-13(16)2)14-3-7-18-8-4-14/h3-4,7-8,11-12,15,20H,5-6,9-10H2,1-2H3/t12-/m0/s1. The van der Waals surface area contributed by atoms with Gasteiger partial charge < -0.3 is 5.32 Å². The predicted molar refractivity (Wildman–Crippen MR) is 91.9 cm³/mol. The van der Waals surface area contributed by atoms with E-state index in [0.29, 0.717) is 12.1 Å². The first-order chi connectivity index (χ1) is 10.7. The molecule has 3 rings (SSSR count). The van der Waals surface area contributed by atoms with Crippen molar-refractivity contribution in [2.75, 3.05) is 11.5 Å². The summed E-state index contributed by atoms with van der Waals surface area (Å²) in [4.78, 5) is 13.3. The van der Waals surface area contributed by atoms with Crippen molar-refractivity contribution in [2.45, 2.75) is 38.8 Å². The highest BCUT2D eigenvalue weighted by atomic mass is 32.2. The molecule has 4 nitrogen and oxygen atoms in total. The molecule has 0 unspecified atom stereocenters. The molecule has 0 radical (unpaired) electrons. The number of aryl methyl sites for hydroxylation is 1. The summed E-state index contributed by atoms with van der Waals surface area (Å²) in [6.07, 6.45) is 8.02. The van der Waals surface area contributed by atoms with E-state index in [1.54, 1.807) is 12.4 Å². The van der Waals surface area contributed by atoms with Gasteiger partial charge >= 0.3 is 0 Å². The maximum absolute atomic E-state index is 4.67. The highest BCUT2D eigenvalue weighted by molar-refractivity contribution is 7.99. The summed E-state index contributed by atoms with van der Waals surface area (Å²) in [6, 6.07) is 4.79. The van der Waals surface area contributed by atoms with Crippen LogP contribution in [-0.2, 0) is 0 Å². The van der Waals surface area contributed by atoms with Gasteiger partial charge in [-0.15, -0.1) is 0 Å². The van der Waals surface area contributed by atoms with Gasteiger partial charge in [0, 0.05) is 47.5 Å². The lowest BCUT2D eigenvalue weighted by Crippen LogP contribution is -2.34. The molecule has 1 saturated heterocycles. The Hall–Kier alpha value is -1.46. The van der Waals surface area contributed by atoms with Crippen LogP contribution in [0, 0.1) is 6.92 Å². The molecule has 0 amide bonds. The number of hydrogen-bond donors (Lipinski definition) is 1. The molecule has 1 fully saturated rings. The van der Waals surface area contributed by atoms with Crippen molar-refractivity contribution in [2.24, 2.45) is 0 Å². The van der Waals surface area contributed by atoms with Gasteiger partial charge in [-0.05, 0) is 50.3 Å². The van der Waals surface area contributed by atoms with Gasteiger partial charge in [-0.25, -0.2) is 9.97 Å². The molecular weight excluding hydrogens is 292 g/mol. The van der Waals surface area contributed by atoms with Crippen LogP contribution in [0.4, 0.5) is 0 Å². The summed E-state index contributed by atoms with van der Waals surface area (Å²) in [5.41, 5.74) is 3.25. The van der Waals surface area contributed by atoms with Gasteiger partial charge in [0.25, 0.3) is 0 Å². The summed E-state index contributed by atoms with van der Waals surface area (Å²) in [7, 11) is 0. The number of nitrogens with zero attached hydrogens (tertiary/aromatic N) is 3. The molecule has 2 aromatic rings. The normalized spacial score (nSPS) is 17.4. The second-order valence-electron chi connectivity index (χ2n) is 5.75. The zero-order valence-corrected chi connectivity index (χ0v) is 13.9. The van der Waals surface area contributed by atoms with E-state index in [2.05, 4.69) is 45.9 Å². The Morgan fingerprint density at radius 3 is 2.64 bits per heavy atom. The van der Waals surface area contributed by atoms with E-state index >= 15 is 0 Å². The second kappa shape index (κ2) is 7.20. The number of pyridine rings is 1. The van der Waals surface area contributed by atoms with Crippen LogP contribution < -0.4 is 5.32 Å². The molecule has 0 aliphatic carbocycles. The van der Waals surface area contributed by atoms with E-state index < -0.39 is 0 Å². The van der Waals surface area contributed by atoms with E-state index in [1.165, 1.54) is 29.9 Å². The van der Waals surface area contributed by atoms with Crippen molar-refractivity contribution >= 4 is 11.8 Å². The van der Waals surface area contributed by atoms with E-state index in [9.17, 15) is 0 Å². The highest BCUT2D eigenvalue weighted by Crippen LogP contribution is 2.23. The van der Waals surface area contributed by atoms with Crippen LogP contribution in [0.25, 0.3) is 11.4 Å². The molecule has 1 aliphatic heterocycles. The largest absolute Gasteiger partial charge is 0.307 e. The van der Waals surface area contributed by atoms with Gasteiger partial charge in [-0.3, -0.25) is 4.98 Å². The molecule has 1 N–H and O–H groups in total. The molecule has 0 bridgehead atoms. The number of aromatic nitrogens is 3. The van der Waals surface area contributed by atoms with Crippen LogP contribution in [0.15, 0.2) is 30.7 Å². The summed E-state index contributed by atoms with van der Waals surface area (Å²) >= 11 is 2.05. The molecule has 2 aromatic heterocycles. The van der Waals surface area contributed by atoms with Crippen molar-refractivity contribution in [1.82, 2.24) is 20.3 Å². The van der Waals surface area contributed by atoms with Crippen LogP contribution in [0.5, 0.6) is 0 Å². The topological polar surface area (TPSA) is 50.7 Å². The van der Waals surface area contributed by atoms with Crippen molar-refractivity contribution in [3.8, 4) is 11.4 Å². The Labute approximate surface area is 136 Å². The van der Waals surface area contributed by atoms with Crippen molar-refractivity contribution in [3.05, 3.63) is 42.0 Å². The Balaban J connectivity index is 1.74. The average molecular weight is 314 g/mol. The lowest BCUT2D eigenvalue weighted by molar-refractivity contribution is 0.429. The zero-order valence-electron chi connectivity index (χ0n) is 13.1. The molecule has 1 atom stereocenters. The quantitative estimate of drug-likeness (QED) is 0.937. The lowest BCUT2D eigenvalue weighted by atomic mass is 10.1. The number of nitrogens with one attached hydrogen (secondary N) is 1. The van der Waals surface area contributed by atoms with Gasteiger partial charge in [0.05, 0.1) is 0 Å². The molecule has 0 saturated carbocycles. The fourth-order valence-electron chi connectivity index (χ4n) is 2.85. The Kier molecular flexibility index (Phi) is 5.05. The third-order valence-electron chi connectivity index (χ3n) is 4.13. The van der Waals surface area contributed by atoms with Crippen LogP contribution in [-0.4, -0.2) is 32.5 Å². The third kappa shape index (κ3) is 3.65. The maximum Gasteiger partial charge on any atom is 0.159 e. The predicted octanol–water partition coefficient (Wildman–Crippen LogP) is 3.39. The minimum atomic E-state index is 0.291. The monoisotopic (exact) mass is 314 g/mol. The molecule has 1 aliphatic rings. The number of rotatable bonds is 4.